The van der Waals surface area contributed by atoms with E-state index in [4.69, 9.17) is 4.99 Å². The van der Waals surface area contributed by atoms with E-state index in [1.807, 2.05) is 24.3 Å². The van der Waals surface area contributed by atoms with Crippen molar-refractivity contribution >= 4 is 15.8 Å². The molecule has 0 spiro atoms. The number of nitrogens with zero attached hydrogens (tertiary/aromatic N) is 2. The molecule has 1 fully saturated rings. The maximum Gasteiger partial charge on any atom is 0.191 e. The Morgan fingerprint density at radius 2 is 1.74 bits per heavy atom. The highest BCUT2D eigenvalue weighted by Crippen LogP contribution is 2.20. The number of nitrogens with one attached hydrogen (secondary N) is 2. The van der Waals surface area contributed by atoms with E-state index < -0.39 is 9.84 Å². The smallest absolute Gasteiger partial charge is 0.191 e. The molecule has 1 aliphatic heterocycles. The number of sulfone groups is 1. The normalized spacial score (nSPS) is 20.0. The standard InChI is InChI=1S/C24H34N4O2S/c1-4-25-24(26-15-20-10-12-22(13-11-20)18-31(3,29)30)27-23-14-19(2)28(17-23)16-21-8-6-5-7-9-21/h5-13,19,23H,4,14-18H2,1-3H3,(H2,25,26,27). The van der Waals surface area contributed by atoms with Crippen molar-refractivity contribution in [1.82, 2.24) is 15.5 Å². The van der Waals surface area contributed by atoms with E-state index in [0.717, 1.165) is 43.1 Å². The molecule has 2 unspecified atom stereocenters. The van der Waals surface area contributed by atoms with E-state index in [9.17, 15) is 8.42 Å². The van der Waals surface area contributed by atoms with Gasteiger partial charge in [-0.05, 0) is 37.0 Å². The Balaban J connectivity index is 1.57. The second-order valence-corrected chi connectivity index (χ2v) is 10.6. The van der Waals surface area contributed by atoms with Crippen LogP contribution in [0.5, 0.6) is 0 Å². The van der Waals surface area contributed by atoms with Gasteiger partial charge in [0.05, 0.1) is 12.3 Å². The number of hydrogen-bond donors (Lipinski definition) is 2. The van der Waals surface area contributed by atoms with Crippen molar-refractivity contribution in [2.24, 2.45) is 4.99 Å². The molecule has 31 heavy (non-hydrogen) atoms. The monoisotopic (exact) mass is 442 g/mol. The first-order valence-electron chi connectivity index (χ1n) is 10.9. The number of benzene rings is 2. The molecular weight excluding hydrogens is 408 g/mol. The van der Waals surface area contributed by atoms with E-state index in [1.54, 1.807) is 0 Å². The van der Waals surface area contributed by atoms with Crippen molar-refractivity contribution in [2.45, 2.75) is 51.2 Å². The molecule has 1 saturated heterocycles. The lowest BCUT2D eigenvalue weighted by Crippen LogP contribution is -2.44. The minimum Gasteiger partial charge on any atom is -0.357 e. The van der Waals surface area contributed by atoms with Crippen LogP contribution in [0.4, 0.5) is 0 Å². The van der Waals surface area contributed by atoms with Crippen LogP contribution < -0.4 is 10.6 Å². The molecule has 0 radical (unpaired) electrons. The summed E-state index contributed by atoms with van der Waals surface area (Å²) in [5.74, 6) is 0.890. The quantitative estimate of drug-likeness (QED) is 0.486. The molecule has 2 atom stereocenters. The van der Waals surface area contributed by atoms with Gasteiger partial charge in [-0.2, -0.15) is 0 Å². The first kappa shape index (κ1) is 23.3. The van der Waals surface area contributed by atoms with Gasteiger partial charge in [-0.25, -0.2) is 13.4 Å². The average molecular weight is 443 g/mol. The minimum absolute atomic E-state index is 0.0695. The zero-order valence-corrected chi connectivity index (χ0v) is 19.5. The molecule has 2 aromatic rings. The van der Waals surface area contributed by atoms with Crippen LogP contribution in [0.25, 0.3) is 0 Å². The fraction of sp³-hybridized carbons (Fsp3) is 0.458. The summed E-state index contributed by atoms with van der Waals surface area (Å²) in [6.45, 7) is 7.65. The number of rotatable bonds is 8. The van der Waals surface area contributed by atoms with E-state index in [-0.39, 0.29) is 5.75 Å². The molecule has 1 aliphatic rings. The van der Waals surface area contributed by atoms with Crippen molar-refractivity contribution in [2.75, 3.05) is 19.3 Å². The van der Waals surface area contributed by atoms with Crippen molar-refractivity contribution < 1.29 is 8.42 Å². The van der Waals surface area contributed by atoms with E-state index in [0.29, 0.717) is 18.6 Å². The summed E-state index contributed by atoms with van der Waals surface area (Å²) in [4.78, 5) is 7.25. The summed E-state index contributed by atoms with van der Waals surface area (Å²) < 4.78 is 22.9. The lowest BCUT2D eigenvalue weighted by Gasteiger charge is -2.21. The maximum absolute atomic E-state index is 11.4. The molecular formula is C24H34N4O2S. The molecule has 0 bridgehead atoms. The third-order valence-electron chi connectivity index (χ3n) is 5.49. The van der Waals surface area contributed by atoms with E-state index >= 15 is 0 Å². The Morgan fingerprint density at radius 3 is 2.39 bits per heavy atom. The van der Waals surface area contributed by atoms with Crippen molar-refractivity contribution in [3.8, 4) is 0 Å². The van der Waals surface area contributed by atoms with Crippen molar-refractivity contribution in [1.29, 1.82) is 0 Å². The van der Waals surface area contributed by atoms with Crippen LogP contribution in [0.1, 0.15) is 37.0 Å². The summed E-state index contributed by atoms with van der Waals surface area (Å²) in [7, 11) is -3.02. The van der Waals surface area contributed by atoms with Gasteiger partial charge in [0, 0.05) is 38.0 Å². The molecule has 1 heterocycles. The first-order valence-corrected chi connectivity index (χ1v) is 13.0. The third kappa shape index (κ3) is 7.67. The molecule has 0 aromatic heterocycles. The van der Waals surface area contributed by atoms with Gasteiger partial charge in [0.2, 0.25) is 0 Å². The highest BCUT2D eigenvalue weighted by Gasteiger charge is 2.29. The second-order valence-electron chi connectivity index (χ2n) is 8.42. The largest absolute Gasteiger partial charge is 0.357 e. The third-order valence-corrected chi connectivity index (χ3v) is 6.35. The fourth-order valence-electron chi connectivity index (χ4n) is 3.97. The summed E-state index contributed by atoms with van der Waals surface area (Å²) in [5.41, 5.74) is 3.20. The van der Waals surface area contributed by atoms with Crippen molar-refractivity contribution in [3.63, 3.8) is 0 Å². The fourth-order valence-corrected chi connectivity index (χ4v) is 4.77. The minimum atomic E-state index is -3.02. The highest BCUT2D eigenvalue weighted by atomic mass is 32.2. The Labute approximate surface area is 186 Å². The molecule has 168 valence electrons. The number of aliphatic imine (C=N–C) groups is 1. The highest BCUT2D eigenvalue weighted by molar-refractivity contribution is 7.89. The average Bonchev–Trinajstić information content (AvgIpc) is 3.06. The Bertz CT molecular complexity index is 959. The molecule has 0 saturated carbocycles. The van der Waals surface area contributed by atoms with Gasteiger partial charge < -0.3 is 10.6 Å². The van der Waals surface area contributed by atoms with Crippen LogP contribution in [0.2, 0.25) is 0 Å². The zero-order chi connectivity index (χ0) is 22.3. The summed E-state index contributed by atoms with van der Waals surface area (Å²) in [6, 6.07) is 19.1. The molecule has 7 heteroatoms. The lowest BCUT2D eigenvalue weighted by molar-refractivity contribution is 0.258. The molecule has 2 aromatic carbocycles. The van der Waals surface area contributed by atoms with Gasteiger partial charge in [0.15, 0.2) is 15.8 Å². The summed E-state index contributed by atoms with van der Waals surface area (Å²) >= 11 is 0. The van der Waals surface area contributed by atoms with Gasteiger partial charge in [-0.3, -0.25) is 4.90 Å². The SMILES string of the molecule is CCNC(=NCc1ccc(CS(C)(=O)=O)cc1)NC1CC(C)N(Cc2ccccc2)C1. The second kappa shape index (κ2) is 10.8. The van der Waals surface area contributed by atoms with Crippen LogP contribution in [-0.2, 0) is 28.7 Å². The number of guanidine groups is 1. The predicted octanol–water partition coefficient (Wildman–Crippen LogP) is 2.95. The van der Waals surface area contributed by atoms with Crippen LogP contribution in [0.3, 0.4) is 0 Å². The molecule has 0 aliphatic carbocycles. The van der Waals surface area contributed by atoms with E-state index in [2.05, 4.69) is 59.7 Å². The van der Waals surface area contributed by atoms with Crippen LogP contribution in [0, 0.1) is 0 Å². The first-order chi connectivity index (χ1) is 14.8. The molecule has 3 rings (SSSR count). The zero-order valence-electron chi connectivity index (χ0n) is 18.7. The Kier molecular flexibility index (Phi) is 8.09. The van der Waals surface area contributed by atoms with E-state index in [1.165, 1.54) is 11.8 Å². The molecule has 6 nitrogen and oxygen atoms in total. The van der Waals surface area contributed by atoms with Crippen LogP contribution in [-0.4, -0.2) is 50.7 Å². The van der Waals surface area contributed by atoms with Gasteiger partial charge in [-0.15, -0.1) is 0 Å². The van der Waals surface area contributed by atoms with Gasteiger partial charge >= 0.3 is 0 Å². The maximum atomic E-state index is 11.4. The van der Waals surface area contributed by atoms with Crippen molar-refractivity contribution in [3.05, 3.63) is 71.3 Å². The van der Waals surface area contributed by atoms with Gasteiger partial charge in [-0.1, -0.05) is 54.6 Å². The molecule has 2 N–H and O–H groups in total. The van der Waals surface area contributed by atoms with Crippen LogP contribution >= 0.6 is 0 Å². The summed E-state index contributed by atoms with van der Waals surface area (Å²) in [5, 5.41) is 6.94. The Morgan fingerprint density at radius 1 is 1.06 bits per heavy atom. The topological polar surface area (TPSA) is 73.8 Å². The number of likely N-dealkylation sites (tertiary alicyclic amines) is 1. The number of hydrogen-bond acceptors (Lipinski definition) is 4. The predicted molar refractivity (Wildman–Crippen MR) is 128 cm³/mol. The van der Waals surface area contributed by atoms with Crippen LogP contribution in [0.15, 0.2) is 59.6 Å². The molecule has 0 amide bonds. The van der Waals surface area contributed by atoms with Gasteiger partial charge in [0.1, 0.15) is 0 Å². The van der Waals surface area contributed by atoms with Gasteiger partial charge in [0.25, 0.3) is 0 Å². The Hall–Kier alpha value is -2.38. The lowest BCUT2D eigenvalue weighted by atomic mass is 10.1. The summed E-state index contributed by atoms with van der Waals surface area (Å²) in [6.07, 6.45) is 2.34.